The average molecular weight is 564 g/mol. The molecule has 1 N–H and O–H groups in total. The lowest BCUT2D eigenvalue weighted by Crippen LogP contribution is -2.61. The highest BCUT2D eigenvalue weighted by Crippen LogP contribution is 2.38. The summed E-state index contributed by atoms with van der Waals surface area (Å²) in [7, 11) is 1.59. The molecule has 1 heterocycles. The Kier molecular flexibility index (Phi) is 8.08. The van der Waals surface area contributed by atoms with Gasteiger partial charge in [0.05, 0.1) is 7.11 Å². The molecular formula is C36H37NO5. The number of carbonyl (C=O) groups is 2. The molecule has 4 aromatic carbocycles. The largest absolute Gasteiger partial charge is 0.496 e. The van der Waals surface area contributed by atoms with Gasteiger partial charge < -0.3 is 19.5 Å². The first-order valence-corrected chi connectivity index (χ1v) is 14.2. The zero-order chi connectivity index (χ0) is 29.9. The van der Waals surface area contributed by atoms with Gasteiger partial charge in [0.1, 0.15) is 23.6 Å². The second kappa shape index (κ2) is 11.7. The van der Waals surface area contributed by atoms with Gasteiger partial charge >= 0.3 is 5.97 Å². The van der Waals surface area contributed by atoms with Gasteiger partial charge in [0.15, 0.2) is 0 Å². The topological polar surface area (TPSA) is 76.1 Å². The molecule has 1 aliphatic rings. The molecule has 0 saturated carbocycles. The molecule has 0 saturated heterocycles. The van der Waals surface area contributed by atoms with Crippen molar-refractivity contribution < 1.29 is 24.2 Å². The minimum atomic E-state index is -1.48. The molecule has 0 aromatic heterocycles. The number of carbonyl (C=O) groups excluding carboxylic acids is 1. The van der Waals surface area contributed by atoms with Crippen LogP contribution >= 0.6 is 0 Å². The molecule has 42 heavy (non-hydrogen) atoms. The van der Waals surface area contributed by atoms with E-state index in [2.05, 4.69) is 20.8 Å². The van der Waals surface area contributed by atoms with E-state index in [1.165, 1.54) is 4.90 Å². The van der Waals surface area contributed by atoms with Crippen molar-refractivity contribution in [3.05, 3.63) is 130 Å². The van der Waals surface area contributed by atoms with E-state index in [-0.39, 0.29) is 30.7 Å². The van der Waals surface area contributed by atoms with Crippen molar-refractivity contribution in [1.82, 2.24) is 4.90 Å². The number of carboxylic acid groups (broad SMARTS) is 1. The van der Waals surface area contributed by atoms with Gasteiger partial charge in [0.2, 0.25) is 0 Å². The van der Waals surface area contributed by atoms with Crippen LogP contribution in [0.2, 0.25) is 0 Å². The number of carboxylic acids is 1. The highest BCUT2D eigenvalue weighted by molar-refractivity contribution is 5.99. The summed E-state index contributed by atoms with van der Waals surface area (Å²) in [5.74, 6) is -0.111. The van der Waals surface area contributed by atoms with Gasteiger partial charge in [0.25, 0.3) is 5.91 Å². The molecule has 1 unspecified atom stereocenters. The number of methoxy groups -OCH3 is 1. The number of ether oxygens (including phenoxy) is 2. The van der Waals surface area contributed by atoms with Crippen LogP contribution in [0.5, 0.6) is 11.5 Å². The Hall–Kier alpha value is -4.58. The van der Waals surface area contributed by atoms with Crippen LogP contribution < -0.4 is 9.47 Å². The maximum absolute atomic E-state index is 14.3. The molecule has 6 heteroatoms. The first-order valence-electron chi connectivity index (χ1n) is 14.2. The smallest absolute Gasteiger partial charge is 0.330 e. The third-order valence-electron chi connectivity index (χ3n) is 7.99. The Bertz CT molecular complexity index is 1580. The summed E-state index contributed by atoms with van der Waals surface area (Å²) in [4.78, 5) is 29.1. The van der Waals surface area contributed by atoms with Crippen LogP contribution in [0.3, 0.4) is 0 Å². The van der Waals surface area contributed by atoms with E-state index in [4.69, 9.17) is 9.47 Å². The van der Waals surface area contributed by atoms with Gasteiger partial charge in [-0.1, -0.05) is 93.6 Å². The van der Waals surface area contributed by atoms with E-state index in [0.717, 1.165) is 27.8 Å². The fourth-order valence-corrected chi connectivity index (χ4v) is 5.71. The lowest BCUT2D eigenvalue weighted by atomic mass is 9.78. The van der Waals surface area contributed by atoms with Gasteiger partial charge in [-0.15, -0.1) is 0 Å². The van der Waals surface area contributed by atoms with Crippen molar-refractivity contribution in [3.63, 3.8) is 0 Å². The van der Waals surface area contributed by atoms with E-state index in [0.29, 0.717) is 23.7 Å². The number of amides is 1. The highest BCUT2D eigenvalue weighted by Gasteiger charge is 2.50. The molecule has 1 atom stereocenters. The predicted octanol–water partition coefficient (Wildman–Crippen LogP) is 6.84. The lowest BCUT2D eigenvalue weighted by molar-refractivity contribution is -0.151. The Morgan fingerprint density at radius 2 is 1.52 bits per heavy atom. The van der Waals surface area contributed by atoms with Crippen LogP contribution in [0.25, 0.3) is 0 Å². The Balaban J connectivity index is 1.55. The fraction of sp³-hybridized carbons (Fsp3) is 0.278. The number of hydrogen-bond donors (Lipinski definition) is 1. The molecule has 6 nitrogen and oxygen atoms in total. The van der Waals surface area contributed by atoms with Gasteiger partial charge in [-0.05, 0) is 57.5 Å². The number of hydrogen-bond acceptors (Lipinski definition) is 4. The van der Waals surface area contributed by atoms with Crippen molar-refractivity contribution in [3.8, 4) is 11.5 Å². The lowest BCUT2D eigenvalue weighted by Gasteiger charge is -2.45. The molecule has 0 aliphatic carbocycles. The van der Waals surface area contributed by atoms with Crippen LogP contribution in [0.15, 0.2) is 97.1 Å². The maximum Gasteiger partial charge on any atom is 0.330 e. The Morgan fingerprint density at radius 1 is 0.857 bits per heavy atom. The zero-order valence-corrected chi connectivity index (χ0v) is 24.6. The minimum absolute atomic E-state index is 0.138. The maximum atomic E-state index is 14.3. The standard InChI is InChI=1S/C36H37NO5/c1-35(2,3)31-18-16-27(20-32(31)41-4)33(38)37-23-29-19-30(42-24-26-13-9-6-10-14-26)17-15-28(29)22-36(37,34(39)40)21-25-11-7-5-8-12-25/h5-20H,21-24H2,1-4H3,(H,39,40). The predicted molar refractivity (Wildman–Crippen MR) is 163 cm³/mol. The van der Waals surface area contributed by atoms with E-state index in [1.807, 2.05) is 84.9 Å². The first kappa shape index (κ1) is 28.9. The molecule has 216 valence electrons. The van der Waals surface area contributed by atoms with Gasteiger partial charge in [0, 0.05) is 24.9 Å². The van der Waals surface area contributed by atoms with Gasteiger partial charge in [-0.25, -0.2) is 4.79 Å². The molecule has 4 aromatic rings. The number of fused-ring (bicyclic) bond motifs is 1. The zero-order valence-electron chi connectivity index (χ0n) is 24.6. The second-order valence-corrected chi connectivity index (χ2v) is 11.9. The quantitative estimate of drug-likeness (QED) is 0.254. The molecular weight excluding hydrogens is 526 g/mol. The summed E-state index contributed by atoms with van der Waals surface area (Å²) in [6, 6.07) is 30.5. The average Bonchev–Trinajstić information content (AvgIpc) is 2.99. The van der Waals surface area contributed by atoms with Crippen LogP contribution in [0.1, 0.15) is 58.9 Å². The van der Waals surface area contributed by atoms with Crippen LogP contribution in [0, 0.1) is 0 Å². The van der Waals surface area contributed by atoms with Crippen molar-refractivity contribution >= 4 is 11.9 Å². The Morgan fingerprint density at radius 3 is 2.14 bits per heavy atom. The van der Waals surface area contributed by atoms with Gasteiger partial charge in [-0.2, -0.15) is 0 Å². The van der Waals surface area contributed by atoms with Crippen molar-refractivity contribution in [2.75, 3.05) is 7.11 Å². The molecule has 0 bridgehead atoms. The van der Waals surface area contributed by atoms with Crippen LogP contribution in [0.4, 0.5) is 0 Å². The molecule has 1 amide bonds. The van der Waals surface area contributed by atoms with Gasteiger partial charge in [-0.3, -0.25) is 4.79 Å². The third kappa shape index (κ3) is 5.89. The second-order valence-electron chi connectivity index (χ2n) is 11.9. The Labute approximate surface area is 247 Å². The van der Waals surface area contributed by atoms with Crippen molar-refractivity contribution in [2.24, 2.45) is 0 Å². The molecule has 5 rings (SSSR count). The normalized spacial score (nSPS) is 16.4. The third-order valence-corrected chi connectivity index (χ3v) is 7.99. The highest BCUT2D eigenvalue weighted by atomic mass is 16.5. The SMILES string of the molecule is COc1cc(C(=O)N2Cc3cc(OCc4ccccc4)ccc3CC2(Cc2ccccc2)C(=O)O)ccc1C(C)(C)C. The summed E-state index contributed by atoms with van der Waals surface area (Å²) < 4.78 is 11.7. The monoisotopic (exact) mass is 563 g/mol. The fourth-order valence-electron chi connectivity index (χ4n) is 5.71. The van der Waals surface area contributed by atoms with E-state index >= 15 is 0 Å². The molecule has 0 fully saturated rings. The van der Waals surface area contributed by atoms with E-state index < -0.39 is 11.5 Å². The summed E-state index contributed by atoms with van der Waals surface area (Å²) in [6.45, 7) is 6.80. The molecule has 1 aliphatic heterocycles. The number of nitrogens with zero attached hydrogens (tertiary/aromatic N) is 1. The summed E-state index contributed by atoms with van der Waals surface area (Å²) >= 11 is 0. The molecule has 0 spiro atoms. The number of aliphatic carboxylic acids is 1. The van der Waals surface area contributed by atoms with E-state index in [9.17, 15) is 14.7 Å². The van der Waals surface area contributed by atoms with Crippen molar-refractivity contribution in [2.45, 2.75) is 57.7 Å². The van der Waals surface area contributed by atoms with Crippen molar-refractivity contribution in [1.29, 1.82) is 0 Å². The van der Waals surface area contributed by atoms with Crippen LogP contribution in [-0.4, -0.2) is 34.5 Å². The summed E-state index contributed by atoms with van der Waals surface area (Å²) in [6.07, 6.45) is 0.353. The minimum Gasteiger partial charge on any atom is -0.496 e. The summed E-state index contributed by atoms with van der Waals surface area (Å²) in [5, 5.41) is 10.8. The van der Waals surface area contributed by atoms with E-state index in [1.54, 1.807) is 19.2 Å². The van der Waals surface area contributed by atoms with Crippen LogP contribution in [-0.2, 0) is 36.2 Å². The first-order chi connectivity index (χ1) is 20.1. The number of rotatable bonds is 8. The molecule has 0 radical (unpaired) electrons. The number of benzene rings is 4. The summed E-state index contributed by atoms with van der Waals surface area (Å²) in [5.41, 5.74) is 3.36.